The van der Waals surface area contributed by atoms with E-state index in [1.54, 1.807) is 18.5 Å². The van der Waals surface area contributed by atoms with Crippen molar-refractivity contribution in [2.24, 2.45) is 5.41 Å². The molecule has 158 valence electrons. The van der Waals surface area contributed by atoms with Crippen molar-refractivity contribution < 1.29 is 17.9 Å². The Kier molecular flexibility index (Phi) is 4.36. The zero-order chi connectivity index (χ0) is 21.0. The molecular formula is C21H24N4O4S. The number of pyridine rings is 1. The van der Waals surface area contributed by atoms with Gasteiger partial charge >= 0.3 is 0 Å². The molecule has 0 spiro atoms. The smallest absolute Gasteiger partial charge is 0.232 e. The summed E-state index contributed by atoms with van der Waals surface area (Å²) >= 11 is 0. The molecule has 4 fully saturated rings. The Morgan fingerprint density at radius 3 is 2.73 bits per heavy atom. The van der Waals surface area contributed by atoms with Crippen molar-refractivity contribution in [3.63, 3.8) is 0 Å². The van der Waals surface area contributed by atoms with Crippen LogP contribution in [0.2, 0.25) is 0 Å². The van der Waals surface area contributed by atoms with Gasteiger partial charge < -0.3 is 10.1 Å². The zero-order valence-corrected chi connectivity index (χ0v) is 17.6. The molecule has 1 N–H and O–H groups in total. The van der Waals surface area contributed by atoms with Gasteiger partial charge in [0.1, 0.15) is 0 Å². The number of nitrogens with zero attached hydrogens (tertiary/aromatic N) is 3. The first-order chi connectivity index (χ1) is 14.4. The summed E-state index contributed by atoms with van der Waals surface area (Å²) in [5.74, 6) is 0.515. The predicted molar refractivity (Wildman–Crippen MR) is 107 cm³/mol. The average Bonchev–Trinajstić information content (AvgIpc) is 3.51. The minimum atomic E-state index is -3.26. The van der Waals surface area contributed by atoms with Crippen LogP contribution in [-0.4, -0.2) is 41.1 Å². The fourth-order valence-corrected chi connectivity index (χ4v) is 6.47. The van der Waals surface area contributed by atoms with E-state index in [0.29, 0.717) is 23.1 Å². The number of carbonyl (C=O) groups excluding carboxylic acids is 1. The quantitative estimate of drug-likeness (QED) is 0.684. The molecule has 2 bridgehead atoms. The van der Waals surface area contributed by atoms with Crippen LogP contribution in [0.4, 0.5) is 0 Å². The Morgan fingerprint density at radius 1 is 1.27 bits per heavy atom. The van der Waals surface area contributed by atoms with E-state index in [-0.39, 0.29) is 28.5 Å². The average molecular weight is 429 g/mol. The molecule has 0 radical (unpaired) electrons. The van der Waals surface area contributed by atoms with E-state index in [4.69, 9.17) is 4.74 Å². The van der Waals surface area contributed by atoms with Gasteiger partial charge in [0.2, 0.25) is 11.8 Å². The van der Waals surface area contributed by atoms with Crippen LogP contribution in [0.1, 0.15) is 50.4 Å². The van der Waals surface area contributed by atoms with Crippen LogP contribution in [0.15, 0.2) is 35.6 Å². The van der Waals surface area contributed by atoms with Gasteiger partial charge in [-0.15, -0.1) is 0 Å². The summed E-state index contributed by atoms with van der Waals surface area (Å²) in [5, 5.41) is 2.69. The summed E-state index contributed by atoms with van der Waals surface area (Å²) in [4.78, 5) is 26.1. The topological polar surface area (TPSA) is 111 Å². The van der Waals surface area contributed by atoms with Gasteiger partial charge in [0, 0.05) is 17.8 Å². The first-order valence-corrected chi connectivity index (χ1v) is 11.8. The molecule has 0 aromatic carbocycles. The maximum atomic E-state index is 12.8. The largest absolute Gasteiger partial charge is 0.477 e. The lowest BCUT2D eigenvalue weighted by Crippen LogP contribution is -2.70. The summed E-state index contributed by atoms with van der Waals surface area (Å²) in [5.41, 5.74) is 1.01. The monoisotopic (exact) mass is 428 g/mol. The molecule has 4 saturated carbocycles. The summed E-state index contributed by atoms with van der Waals surface area (Å²) in [7, 11) is -3.26. The Balaban J connectivity index is 1.20. The fraction of sp³-hybridized carbons (Fsp3) is 0.524. The van der Waals surface area contributed by atoms with E-state index in [0.717, 1.165) is 37.8 Å². The number of amides is 1. The van der Waals surface area contributed by atoms with Crippen molar-refractivity contribution in [2.45, 2.75) is 61.1 Å². The molecule has 4 aliphatic carbocycles. The summed E-state index contributed by atoms with van der Waals surface area (Å²) in [6.45, 7) is 2.66. The van der Waals surface area contributed by atoms with Gasteiger partial charge in [0.15, 0.2) is 9.84 Å². The van der Waals surface area contributed by atoms with Gasteiger partial charge in [-0.1, -0.05) is 0 Å². The minimum absolute atomic E-state index is 0.00412. The minimum Gasteiger partial charge on any atom is -0.477 e. The molecule has 0 aliphatic heterocycles. The van der Waals surface area contributed by atoms with Crippen molar-refractivity contribution in [1.82, 2.24) is 20.3 Å². The van der Waals surface area contributed by atoms with Crippen molar-refractivity contribution in [2.75, 3.05) is 6.61 Å². The van der Waals surface area contributed by atoms with Crippen molar-refractivity contribution in [3.05, 3.63) is 42.1 Å². The summed E-state index contributed by atoms with van der Waals surface area (Å²) in [6, 6.07) is 3.10. The highest BCUT2D eigenvalue weighted by Gasteiger charge is 2.72. The number of hydrogen-bond acceptors (Lipinski definition) is 7. The van der Waals surface area contributed by atoms with Gasteiger partial charge in [0.05, 0.1) is 46.3 Å². The maximum Gasteiger partial charge on any atom is 0.232 e. The van der Waals surface area contributed by atoms with Gasteiger partial charge in [-0.3, -0.25) is 14.8 Å². The summed E-state index contributed by atoms with van der Waals surface area (Å²) in [6.07, 6.45) is 8.55. The van der Waals surface area contributed by atoms with Gasteiger partial charge in [-0.05, 0) is 51.2 Å². The second kappa shape index (κ2) is 6.73. The molecule has 0 atom stereocenters. The Labute approximate surface area is 175 Å². The molecule has 2 aromatic rings. The van der Waals surface area contributed by atoms with E-state index in [1.807, 2.05) is 6.92 Å². The number of rotatable bonds is 8. The molecule has 0 unspecified atom stereocenters. The second-order valence-electron chi connectivity index (χ2n) is 8.68. The summed E-state index contributed by atoms with van der Waals surface area (Å²) < 4.78 is 30.2. The van der Waals surface area contributed by atoms with Crippen LogP contribution in [0.3, 0.4) is 0 Å². The van der Waals surface area contributed by atoms with Crippen LogP contribution in [0, 0.1) is 5.41 Å². The number of ether oxygens (including phenoxy) is 1. The highest BCUT2D eigenvalue weighted by Crippen LogP contribution is 2.73. The molecule has 9 heteroatoms. The normalized spacial score (nSPS) is 27.0. The third kappa shape index (κ3) is 3.07. The van der Waals surface area contributed by atoms with Gasteiger partial charge in [-0.25, -0.2) is 13.4 Å². The third-order valence-corrected chi connectivity index (χ3v) is 8.73. The lowest BCUT2D eigenvalue weighted by molar-refractivity contribution is -0.177. The Morgan fingerprint density at radius 2 is 2.03 bits per heavy atom. The van der Waals surface area contributed by atoms with Crippen LogP contribution in [0.25, 0.3) is 0 Å². The highest BCUT2D eigenvalue weighted by atomic mass is 32.2. The SMILES string of the molecule is CCOc1cncc(C23CC(C(=O)NCc4cc(S(=O)(=O)C5CC5)ccn4)(C2)C3)n1. The zero-order valence-electron chi connectivity index (χ0n) is 16.8. The number of nitrogens with one attached hydrogen (secondary N) is 1. The molecule has 0 saturated heterocycles. The van der Waals surface area contributed by atoms with Crippen LogP contribution in [0.5, 0.6) is 5.88 Å². The molecule has 8 nitrogen and oxygen atoms in total. The van der Waals surface area contributed by atoms with E-state index in [9.17, 15) is 13.2 Å². The van der Waals surface area contributed by atoms with Crippen LogP contribution >= 0.6 is 0 Å². The Bertz CT molecular complexity index is 1090. The lowest BCUT2D eigenvalue weighted by Gasteiger charge is -2.68. The van der Waals surface area contributed by atoms with E-state index >= 15 is 0 Å². The fourth-order valence-electron chi connectivity index (χ4n) is 4.78. The van der Waals surface area contributed by atoms with Crippen LogP contribution < -0.4 is 10.1 Å². The Hall–Kier alpha value is -2.55. The molecule has 4 aliphatic rings. The standard InChI is InChI=1S/C21H24N4O4S/c1-2-29-18-10-22-9-17(25-18)20-11-21(12-20,13-20)19(26)24-8-14-7-16(5-6-23-14)30(27,28)15-3-4-15/h5-7,9-10,15H,2-4,8,11-13H2,1H3,(H,24,26). The molecule has 6 rings (SSSR count). The molecule has 30 heavy (non-hydrogen) atoms. The number of hydrogen-bond donors (Lipinski definition) is 1. The molecular weight excluding hydrogens is 404 g/mol. The number of aromatic nitrogens is 3. The van der Waals surface area contributed by atoms with E-state index < -0.39 is 9.84 Å². The van der Waals surface area contributed by atoms with Gasteiger partial charge in [0.25, 0.3) is 0 Å². The molecule has 1 amide bonds. The maximum absolute atomic E-state index is 12.8. The highest BCUT2D eigenvalue weighted by molar-refractivity contribution is 7.92. The third-order valence-electron chi connectivity index (χ3n) is 6.47. The van der Waals surface area contributed by atoms with Crippen LogP contribution in [-0.2, 0) is 26.6 Å². The first-order valence-electron chi connectivity index (χ1n) is 10.3. The van der Waals surface area contributed by atoms with Crippen molar-refractivity contribution in [1.29, 1.82) is 0 Å². The predicted octanol–water partition coefficient (Wildman–Crippen LogP) is 1.94. The van der Waals surface area contributed by atoms with Crippen molar-refractivity contribution in [3.8, 4) is 5.88 Å². The van der Waals surface area contributed by atoms with Gasteiger partial charge in [-0.2, -0.15) is 0 Å². The second-order valence-corrected chi connectivity index (χ2v) is 10.9. The first kappa shape index (κ1) is 19.4. The van der Waals surface area contributed by atoms with Crippen molar-refractivity contribution >= 4 is 15.7 Å². The molecule has 2 heterocycles. The van der Waals surface area contributed by atoms with E-state index in [2.05, 4.69) is 20.3 Å². The van der Waals surface area contributed by atoms with E-state index in [1.165, 1.54) is 12.3 Å². The number of carbonyl (C=O) groups is 1. The lowest BCUT2D eigenvalue weighted by atomic mass is 9.34. The number of sulfone groups is 1. The molecule has 2 aromatic heterocycles.